The highest BCUT2D eigenvalue weighted by Crippen LogP contribution is 2.35. The lowest BCUT2D eigenvalue weighted by Gasteiger charge is -2.25. The maximum absolute atomic E-state index is 6.20. The molecule has 1 nitrogen and oxygen atoms in total. The molecule has 5 heteroatoms. The van der Waals surface area contributed by atoms with Gasteiger partial charge in [-0.15, -0.1) is 11.3 Å². The molecule has 0 amide bonds. The molecule has 1 aromatic heterocycles. The lowest BCUT2D eigenvalue weighted by molar-refractivity contribution is 0.734. The Morgan fingerprint density at radius 3 is 2.86 bits per heavy atom. The molecule has 1 saturated heterocycles. The van der Waals surface area contributed by atoms with Crippen molar-refractivity contribution in [3.05, 3.63) is 21.3 Å². The van der Waals surface area contributed by atoms with Crippen molar-refractivity contribution in [3.63, 3.8) is 0 Å². The fraction of sp³-hybridized carbons (Fsp3) is 0.556. The maximum Gasteiger partial charge on any atom is 0.0931 e. The summed E-state index contributed by atoms with van der Waals surface area (Å²) in [5.41, 5.74) is 6.20. The molecule has 0 spiro atoms. The van der Waals surface area contributed by atoms with Crippen LogP contribution in [0.4, 0.5) is 0 Å². The van der Waals surface area contributed by atoms with Crippen LogP contribution in [0.5, 0.6) is 0 Å². The summed E-state index contributed by atoms with van der Waals surface area (Å²) in [5, 5.41) is 0.559. The van der Waals surface area contributed by atoms with E-state index in [0.717, 1.165) is 4.34 Å². The van der Waals surface area contributed by atoms with E-state index in [1.807, 2.05) is 29.6 Å². The Balaban J connectivity index is 2.03. The molecular formula is C9H12ClNS3. The van der Waals surface area contributed by atoms with Gasteiger partial charge in [-0.3, -0.25) is 0 Å². The molecule has 0 aliphatic carbocycles. The Bertz CT molecular complexity index is 296. The Kier molecular flexibility index (Phi) is 4.08. The SMILES string of the molecule is NC(c1ccc(Cl)s1)C1CSCCS1. The summed E-state index contributed by atoms with van der Waals surface area (Å²) in [5.74, 6) is 3.66. The van der Waals surface area contributed by atoms with Gasteiger partial charge in [0.2, 0.25) is 0 Å². The molecule has 0 aromatic carbocycles. The summed E-state index contributed by atoms with van der Waals surface area (Å²) < 4.78 is 0.837. The average Bonchev–Trinajstić information content (AvgIpc) is 2.65. The second kappa shape index (κ2) is 5.12. The van der Waals surface area contributed by atoms with E-state index in [1.54, 1.807) is 11.3 Å². The van der Waals surface area contributed by atoms with Gasteiger partial charge in [0.1, 0.15) is 0 Å². The highest BCUT2D eigenvalue weighted by molar-refractivity contribution is 8.06. The summed E-state index contributed by atoms with van der Waals surface area (Å²) in [7, 11) is 0. The first kappa shape index (κ1) is 11.1. The number of halogens is 1. The molecule has 2 rings (SSSR count). The van der Waals surface area contributed by atoms with Crippen molar-refractivity contribution in [3.8, 4) is 0 Å². The van der Waals surface area contributed by atoms with Crippen LogP contribution in [0.25, 0.3) is 0 Å². The summed E-state index contributed by atoms with van der Waals surface area (Å²) >= 11 is 11.5. The molecule has 1 fully saturated rings. The van der Waals surface area contributed by atoms with Crippen LogP contribution in [0.3, 0.4) is 0 Å². The lowest BCUT2D eigenvalue weighted by Crippen LogP contribution is -2.28. The van der Waals surface area contributed by atoms with E-state index in [1.165, 1.54) is 22.1 Å². The van der Waals surface area contributed by atoms with Gasteiger partial charge >= 0.3 is 0 Å². The number of hydrogen-bond donors (Lipinski definition) is 1. The fourth-order valence-electron chi connectivity index (χ4n) is 1.40. The molecular weight excluding hydrogens is 254 g/mol. The van der Waals surface area contributed by atoms with E-state index in [0.29, 0.717) is 5.25 Å². The van der Waals surface area contributed by atoms with E-state index in [9.17, 15) is 0 Å². The molecule has 0 saturated carbocycles. The van der Waals surface area contributed by atoms with Crippen LogP contribution in [0, 0.1) is 0 Å². The summed E-state index contributed by atoms with van der Waals surface area (Å²) in [6.07, 6.45) is 0. The largest absolute Gasteiger partial charge is 0.322 e. The maximum atomic E-state index is 6.20. The highest BCUT2D eigenvalue weighted by Gasteiger charge is 2.23. The van der Waals surface area contributed by atoms with E-state index in [-0.39, 0.29) is 6.04 Å². The summed E-state index contributed by atoms with van der Waals surface area (Å²) in [6.45, 7) is 0. The normalized spacial score (nSPS) is 24.9. The minimum absolute atomic E-state index is 0.158. The smallest absolute Gasteiger partial charge is 0.0931 e. The number of thioether (sulfide) groups is 2. The number of nitrogens with two attached hydrogens (primary N) is 1. The second-order valence-electron chi connectivity index (χ2n) is 3.15. The molecule has 1 aliphatic heterocycles. The van der Waals surface area contributed by atoms with Crippen LogP contribution in [-0.2, 0) is 0 Å². The van der Waals surface area contributed by atoms with Crippen LogP contribution in [0.2, 0.25) is 4.34 Å². The van der Waals surface area contributed by atoms with Crippen LogP contribution >= 0.6 is 46.5 Å². The molecule has 2 heterocycles. The molecule has 1 aliphatic rings. The van der Waals surface area contributed by atoms with Gasteiger partial charge in [-0.1, -0.05) is 11.6 Å². The Morgan fingerprint density at radius 2 is 2.29 bits per heavy atom. The molecule has 14 heavy (non-hydrogen) atoms. The van der Waals surface area contributed by atoms with Gasteiger partial charge in [0.25, 0.3) is 0 Å². The zero-order valence-corrected chi connectivity index (χ0v) is 10.8. The first-order chi connectivity index (χ1) is 6.77. The number of thiophene rings is 1. The molecule has 2 atom stereocenters. The van der Waals surface area contributed by atoms with Crippen molar-refractivity contribution in [1.82, 2.24) is 0 Å². The van der Waals surface area contributed by atoms with E-state index >= 15 is 0 Å². The predicted molar refractivity (Wildman–Crippen MR) is 69.8 cm³/mol. The molecule has 1 aromatic rings. The van der Waals surface area contributed by atoms with Crippen molar-refractivity contribution in [2.24, 2.45) is 5.73 Å². The van der Waals surface area contributed by atoms with Crippen LogP contribution < -0.4 is 5.73 Å². The molecule has 78 valence electrons. The van der Waals surface area contributed by atoms with Crippen LogP contribution in [0.15, 0.2) is 12.1 Å². The minimum Gasteiger partial charge on any atom is -0.322 e. The van der Waals surface area contributed by atoms with Gasteiger partial charge in [0.05, 0.1) is 10.4 Å². The standard InChI is InChI=1S/C9H12ClNS3/c10-8-2-1-6(14-8)9(11)7-5-12-3-4-13-7/h1-2,7,9H,3-5,11H2. The average molecular weight is 266 g/mol. The van der Waals surface area contributed by atoms with Crippen LogP contribution in [0.1, 0.15) is 10.9 Å². The predicted octanol–water partition coefficient (Wildman–Crippen LogP) is 3.25. The van der Waals surface area contributed by atoms with Gasteiger partial charge in [-0.25, -0.2) is 0 Å². The lowest BCUT2D eigenvalue weighted by atomic mass is 10.2. The molecule has 0 radical (unpaired) electrons. The van der Waals surface area contributed by atoms with Gasteiger partial charge < -0.3 is 5.73 Å². The summed E-state index contributed by atoms with van der Waals surface area (Å²) in [6, 6.07) is 4.14. The Hall–Kier alpha value is 0.650. The van der Waals surface area contributed by atoms with Crippen molar-refractivity contribution in [2.45, 2.75) is 11.3 Å². The third-order valence-corrected chi connectivity index (χ3v) is 6.38. The van der Waals surface area contributed by atoms with E-state index in [2.05, 4.69) is 6.07 Å². The van der Waals surface area contributed by atoms with Crippen molar-refractivity contribution in [1.29, 1.82) is 0 Å². The van der Waals surface area contributed by atoms with E-state index < -0.39 is 0 Å². The van der Waals surface area contributed by atoms with Crippen LogP contribution in [-0.4, -0.2) is 22.5 Å². The fourth-order valence-corrected chi connectivity index (χ4v) is 5.41. The van der Waals surface area contributed by atoms with Gasteiger partial charge in [-0.05, 0) is 12.1 Å². The van der Waals surface area contributed by atoms with Crippen molar-refractivity contribution in [2.75, 3.05) is 17.3 Å². The van der Waals surface area contributed by atoms with Gasteiger partial charge in [0.15, 0.2) is 0 Å². The third kappa shape index (κ3) is 2.61. The zero-order chi connectivity index (χ0) is 9.97. The molecule has 2 N–H and O–H groups in total. The van der Waals surface area contributed by atoms with Gasteiger partial charge in [-0.2, -0.15) is 23.5 Å². The summed E-state index contributed by atoms with van der Waals surface area (Å²) in [4.78, 5) is 1.22. The highest BCUT2D eigenvalue weighted by atomic mass is 35.5. The van der Waals surface area contributed by atoms with Crippen molar-refractivity contribution >= 4 is 46.5 Å². The molecule has 0 bridgehead atoms. The third-order valence-electron chi connectivity index (χ3n) is 2.16. The quantitative estimate of drug-likeness (QED) is 0.889. The number of rotatable bonds is 2. The topological polar surface area (TPSA) is 26.0 Å². The molecule has 2 unspecified atom stereocenters. The Labute approximate surface area is 102 Å². The van der Waals surface area contributed by atoms with Gasteiger partial charge in [0, 0.05) is 27.4 Å². The number of hydrogen-bond acceptors (Lipinski definition) is 4. The Morgan fingerprint density at radius 1 is 1.43 bits per heavy atom. The first-order valence-corrected chi connectivity index (χ1v) is 7.87. The minimum atomic E-state index is 0.158. The zero-order valence-electron chi connectivity index (χ0n) is 7.61. The van der Waals surface area contributed by atoms with E-state index in [4.69, 9.17) is 17.3 Å². The monoisotopic (exact) mass is 265 g/mol. The first-order valence-electron chi connectivity index (χ1n) is 4.47. The van der Waals surface area contributed by atoms with Crippen molar-refractivity contribution < 1.29 is 0 Å². The second-order valence-corrected chi connectivity index (χ2v) is 7.40.